The summed E-state index contributed by atoms with van der Waals surface area (Å²) in [5, 5.41) is 8.56. The predicted molar refractivity (Wildman–Crippen MR) is 59.2 cm³/mol. The number of ketones is 1. The number of aliphatic hydroxyl groups excluding tert-OH is 1. The maximum Gasteiger partial charge on any atom is 0.133 e. The van der Waals surface area contributed by atoms with Crippen LogP contribution in [0.3, 0.4) is 0 Å². The van der Waals surface area contributed by atoms with Crippen LogP contribution in [0.15, 0.2) is 0 Å². The first-order valence-electron chi connectivity index (χ1n) is 5.58. The molecule has 0 heterocycles. The number of rotatable bonds is 7. The van der Waals surface area contributed by atoms with Crippen molar-refractivity contribution in [1.82, 2.24) is 0 Å². The molecule has 0 aliphatic carbocycles. The molecule has 2 nitrogen and oxygen atoms in total. The molecule has 0 fully saturated rings. The molecule has 0 saturated heterocycles. The molecule has 0 aromatic heterocycles. The van der Waals surface area contributed by atoms with Crippen LogP contribution in [-0.2, 0) is 4.79 Å². The third kappa shape index (κ3) is 9.72. The Bertz CT molecular complexity index is 156. The van der Waals surface area contributed by atoms with Gasteiger partial charge in [-0.15, -0.1) is 0 Å². The summed E-state index contributed by atoms with van der Waals surface area (Å²) in [6.07, 6.45) is 5.35. The molecule has 1 N–H and O–H groups in total. The van der Waals surface area contributed by atoms with E-state index in [4.69, 9.17) is 5.11 Å². The van der Waals surface area contributed by atoms with Gasteiger partial charge in [-0.25, -0.2) is 0 Å². The third-order valence-corrected chi connectivity index (χ3v) is 2.09. The molecule has 0 radical (unpaired) electrons. The lowest BCUT2D eigenvalue weighted by atomic mass is 9.88. The average Bonchev–Trinajstić information content (AvgIpc) is 2.00. The van der Waals surface area contributed by atoms with E-state index < -0.39 is 0 Å². The van der Waals surface area contributed by atoms with E-state index in [-0.39, 0.29) is 12.0 Å². The van der Waals surface area contributed by atoms with Gasteiger partial charge >= 0.3 is 0 Å². The fourth-order valence-corrected chi connectivity index (χ4v) is 1.47. The fourth-order valence-electron chi connectivity index (χ4n) is 1.47. The molecule has 0 aromatic rings. The van der Waals surface area contributed by atoms with Gasteiger partial charge in [0.25, 0.3) is 0 Å². The zero-order chi connectivity index (χ0) is 11.0. The van der Waals surface area contributed by atoms with Gasteiger partial charge in [0.2, 0.25) is 0 Å². The van der Waals surface area contributed by atoms with E-state index in [9.17, 15) is 4.79 Å². The van der Waals surface area contributed by atoms with Crippen LogP contribution in [0.2, 0.25) is 0 Å². The Labute approximate surface area is 87.7 Å². The number of Topliss-reactive ketones (excluding diaryl/α,β-unsaturated/α-hetero) is 1. The Balaban J connectivity index is 3.36. The second-order valence-electron chi connectivity index (χ2n) is 5.16. The van der Waals surface area contributed by atoms with Crippen LogP contribution >= 0.6 is 0 Å². The monoisotopic (exact) mass is 200 g/mol. The molecule has 0 aliphatic rings. The molecule has 84 valence electrons. The topological polar surface area (TPSA) is 37.3 Å². The molecule has 0 saturated carbocycles. The first kappa shape index (κ1) is 13.6. The van der Waals surface area contributed by atoms with Crippen molar-refractivity contribution in [3.05, 3.63) is 0 Å². The van der Waals surface area contributed by atoms with Gasteiger partial charge in [0, 0.05) is 19.4 Å². The highest BCUT2D eigenvalue weighted by Crippen LogP contribution is 2.20. The van der Waals surface area contributed by atoms with Gasteiger partial charge in [-0.05, 0) is 18.3 Å². The highest BCUT2D eigenvalue weighted by atomic mass is 16.2. The Morgan fingerprint density at radius 3 is 2.14 bits per heavy atom. The Kier molecular flexibility index (Phi) is 6.81. The lowest BCUT2D eigenvalue weighted by Crippen LogP contribution is -2.12. The van der Waals surface area contributed by atoms with E-state index in [1.807, 2.05) is 0 Å². The number of aliphatic hydroxyl groups is 1. The minimum atomic E-state index is 0.127. The van der Waals surface area contributed by atoms with Gasteiger partial charge in [0.15, 0.2) is 0 Å². The summed E-state index contributed by atoms with van der Waals surface area (Å²) < 4.78 is 0. The standard InChI is InChI=1S/C12H24O2/c1-12(2,3)10-11(14)8-6-4-5-7-9-13/h13H,4-10H2,1-3H3. The van der Waals surface area contributed by atoms with Crippen molar-refractivity contribution in [2.24, 2.45) is 5.41 Å². The minimum Gasteiger partial charge on any atom is -0.396 e. The van der Waals surface area contributed by atoms with Gasteiger partial charge in [-0.3, -0.25) is 4.79 Å². The second kappa shape index (κ2) is 6.99. The molecule has 14 heavy (non-hydrogen) atoms. The average molecular weight is 200 g/mol. The Hall–Kier alpha value is -0.370. The van der Waals surface area contributed by atoms with Crippen LogP contribution in [0.25, 0.3) is 0 Å². The molecule has 0 aliphatic heterocycles. The molecular weight excluding hydrogens is 176 g/mol. The molecule has 0 spiro atoms. The molecule has 0 bridgehead atoms. The quantitative estimate of drug-likeness (QED) is 0.641. The summed E-state index contributed by atoms with van der Waals surface area (Å²) in [5.41, 5.74) is 0.127. The highest BCUT2D eigenvalue weighted by Gasteiger charge is 2.14. The molecule has 0 amide bonds. The number of carbonyl (C=O) groups is 1. The molecule has 0 atom stereocenters. The summed E-state index contributed by atoms with van der Waals surface area (Å²) in [6, 6.07) is 0. The van der Waals surface area contributed by atoms with Gasteiger partial charge in [-0.1, -0.05) is 33.6 Å². The summed E-state index contributed by atoms with van der Waals surface area (Å²) in [4.78, 5) is 11.4. The second-order valence-corrected chi connectivity index (χ2v) is 5.16. The zero-order valence-corrected chi connectivity index (χ0v) is 9.81. The third-order valence-electron chi connectivity index (χ3n) is 2.09. The van der Waals surface area contributed by atoms with Gasteiger partial charge in [0.05, 0.1) is 0 Å². The smallest absolute Gasteiger partial charge is 0.133 e. The molecule has 0 unspecified atom stereocenters. The van der Waals surface area contributed by atoms with Crippen molar-refractivity contribution < 1.29 is 9.90 Å². The molecule has 0 aromatic carbocycles. The van der Waals surface area contributed by atoms with Crippen molar-refractivity contribution in [2.75, 3.05) is 6.61 Å². The summed E-state index contributed by atoms with van der Waals surface area (Å²) in [7, 11) is 0. The van der Waals surface area contributed by atoms with Crippen LogP contribution in [0.1, 0.15) is 59.3 Å². The van der Waals surface area contributed by atoms with E-state index in [1.54, 1.807) is 0 Å². The largest absolute Gasteiger partial charge is 0.396 e. The maximum absolute atomic E-state index is 11.4. The van der Waals surface area contributed by atoms with Crippen molar-refractivity contribution >= 4 is 5.78 Å². The first-order chi connectivity index (χ1) is 6.45. The predicted octanol–water partition coefficient (Wildman–Crippen LogP) is 2.93. The molecule has 0 rings (SSSR count). The summed E-state index contributed by atoms with van der Waals surface area (Å²) in [6.45, 7) is 6.56. The van der Waals surface area contributed by atoms with Crippen molar-refractivity contribution in [3.8, 4) is 0 Å². The highest BCUT2D eigenvalue weighted by molar-refractivity contribution is 5.78. The zero-order valence-electron chi connectivity index (χ0n) is 9.81. The van der Waals surface area contributed by atoms with Crippen LogP contribution < -0.4 is 0 Å². The van der Waals surface area contributed by atoms with E-state index in [2.05, 4.69) is 20.8 Å². The molecular formula is C12H24O2. The fraction of sp³-hybridized carbons (Fsp3) is 0.917. The van der Waals surface area contributed by atoms with Crippen LogP contribution in [0.4, 0.5) is 0 Å². The number of hydrogen-bond acceptors (Lipinski definition) is 2. The summed E-state index contributed by atoms with van der Waals surface area (Å²) in [5.74, 6) is 0.376. The van der Waals surface area contributed by atoms with Crippen LogP contribution in [-0.4, -0.2) is 17.5 Å². The van der Waals surface area contributed by atoms with E-state index >= 15 is 0 Å². The van der Waals surface area contributed by atoms with Gasteiger partial charge < -0.3 is 5.11 Å². The number of unbranched alkanes of at least 4 members (excludes halogenated alkanes) is 3. The SMILES string of the molecule is CC(C)(C)CC(=O)CCCCCCO. The van der Waals surface area contributed by atoms with Gasteiger partial charge in [-0.2, -0.15) is 0 Å². The first-order valence-corrected chi connectivity index (χ1v) is 5.58. The normalized spacial score (nSPS) is 11.7. The van der Waals surface area contributed by atoms with Crippen LogP contribution in [0.5, 0.6) is 0 Å². The van der Waals surface area contributed by atoms with Crippen molar-refractivity contribution in [2.45, 2.75) is 59.3 Å². The van der Waals surface area contributed by atoms with Crippen molar-refractivity contribution in [1.29, 1.82) is 0 Å². The van der Waals surface area contributed by atoms with E-state index in [1.165, 1.54) is 0 Å². The summed E-state index contributed by atoms with van der Waals surface area (Å²) >= 11 is 0. The number of carbonyl (C=O) groups excluding carboxylic acids is 1. The Morgan fingerprint density at radius 1 is 1.07 bits per heavy atom. The maximum atomic E-state index is 11.4. The minimum absolute atomic E-state index is 0.127. The van der Waals surface area contributed by atoms with E-state index in [0.29, 0.717) is 18.6 Å². The van der Waals surface area contributed by atoms with E-state index in [0.717, 1.165) is 25.7 Å². The Morgan fingerprint density at radius 2 is 1.64 bits per heavy atom. The number of hydrogen-bond donors (Lipinski definition) is 1. The lowest BCUT2D eigenvalue weighted by Gasteiger charge is -2.16. The van der Waals surface area contributed by atoms with Crippen LogP contribution in [0, 0.1) is 5.41 Å². The van der Waals surface area contributed by atoms with Gasteiger partial charge in [0.1, 0.15) is 5.78 Å². The van der Waals surface area contributed by atoms with Crippen molar-refractivity contribution in [3.63, 3.8) is 0 Å². The molecule has 2 heteroatoms. The lowest BCUT2D eigenvalue weighted by molar-refractivity contribution is -0.120.